The van der Waals surface area contributed by atoms with E-state index in [0.29, 0.717) is 5.56 Å². The van der Waals surface area contributed by atoms with E-state index >= 15 is 0 Å². The van der Waals surface area contributed by atoms with Crippen LogP contribution in [0.3, 0.4) is 0 Å². The fourth-order valence-corrected chi connectivity index (χ4v) is 0.953. The van der Waals surface area contributed by atoms with E-state index in [1.165, 1.54) is 6.20 Å². The molecule has 0 fully saturated rings. The zero-order chi connectivity index (χ0) is 9.84. The van der Waals surface area contributed by atoms with Crippen LogP contribution in [0.25, 0.3) is 0 Å². The molecule has 0 bridgehead atoms. The Kier molecular flexibility index (Phi) is 3.05. The number of aliphatic hydroxyl groups excluding tert-OH is 2. The second-order valence-corrected chi connectivity index (χ2v) is 2.56. The van der Waals surface area contributed by atoms with Crippen molar-refractivity contribution >= 4 is 5.97 Å². The molecule has 0 saturated heterocycles. The summed E-state index contributed by atoms with van der Waals surface area (Å²) in [6.07, 6.45) is 0.291. The minimum Gasteiger partial charge on any atom is -0.467 e. The maximum Gasteiger partial charge on any atom is 0.337 e. The van der Waals surface area contributed by atoms with Gasteiger partial charge in [0.2, 0.25) is 0 Å². The quantitative estimate of drug-likeness (QED) is 0.558. The number of carbonyl (C=O) groups is 1. The van der Waals surface area contributed by atoms with Crippen molar-refractivity contribution in [1.29, 1.82) is 0 Å². The van der Waals surface area contributed by atoms with Gasteiger partial charge in [-0.25, -0.2) is 4.79 Å². The van der Waals surface area contributed by atoms with Crippen molar-refractivity contribution in [1.82, 2.24) is 4.98 Å². The van der Waals surface area contributed by atoms with Gasteiger partial charge in [-0.05, 0) is 6.07 Å². The molecule has 1 aromatic heterocycles. The molecule has 0 saturated carbocycles. The molecule has 0 aliphatic rings. The van der Waals surface area contributed by atoms with Crippen molar-refractivity contribution in [3.8, 4) is 0 Å². The van der Waals surface area contributed by atoms with Gasteiger partial charge in [-0.1, -0.05) is 0 Å². The number of methoxy groups -OCH3 is 1. The van der Waals surface area contributed by atoms with Crippen molar-refractivity contribution in [2.75, 3.05) is 7.11 Å². The van der Waals surface area contributed by atoms with Crippen LogP contribution in [-0.2, 0) is 9.53 Å². The molecule has 5 heteroatoms. The maximum absolute atomic E-state index is 10.8. The van der Waals surface area contributed by atoms with E-state index in [1.807, 2.05) is 0 Å². The summed E-state index contributed by atoms with van der Waals surface area (Å²) in [5.74, 6) is -0.853. The Balaban J connectivity index is 2.68. The highest BCUT2D eigenvalue weighted by molar-refractivity contribution is 5.75. The molecular weight excluding hydrogens is 174 g/mol. The number of hydrogen-bond acceptors (Lipinski definition) is 4. The molecule has 0 aliphatic carbocycles. The van der Waals surface area contributed by atoms with Crippen LogP contribution in [0.15, 0.2) is 18.5 Å². The van der Waals surface area contributed by atoms with Gasteiger partial charge in [0.15, 0.2) is 6.10 Å². The lowest BCUT2D eigenvalue weighted by atomic mass is 10.1. The molecule has 3 N–H and O–H groups in total. The van der Waals surface area contributed by atoms with E-state index in [-0.39, 0.29) is 0 Å². The van der Waals surface area contributed by atoms with Crippen LogP contribution in [0.4, 0.5) is 0 Å². The summed E-state index contributed by atoms with van der Waals surface area (Å²) in [6, 6.07) is 1.57. The molecule has 0 spiro atoms. The van der Waals surface area contributed by atoms with Crippen molar-refractivity contribution in [3.63, 3.8) is 0 Å². The summed E-state index contributed by atoms with van der Waals surface area (Å²) >= 11 is 0. The summed E-state index contributed by atoms with van der Waals surface area (Å²) < 4.78 is 4.27. The maximum atomic E-state index is 10.8. The van der Waals surface area contributed by atoms with E-state index in [0.717, 1.165) is 7.11 Å². The SMILES string of the molecule is COC(=O)C(O)C(O)c1cc[nH]c1. The van der Waals surface area contributed by atoms with E-state index < -0.39 is 18.2 Å². The van der Waals surface area contributed by atoms with Gasteiger partial charge in [0, 0.05) is 18.0 Å². The Morgan fingerprint density at radius 2 is 2.31 bits per heavy atom. The Morgan fingerprint density at radius 1 is 1.62 bits per heavy atom. The minimum absolute atomic E-state index is 0.443. The highest BCUT2D eigenvalue weighted by atomic mass is 16.5. The fourth-order valence-electron chi connectivity index (χ4n) is 0.953. The van der Waals surface area contributed by atoms with Gasteiger partial charge < -0.3 is 19.9 Å². The Morgan fingerprint density at radius 3 is 2.77 bits per heavy atom. The second-order valence-electron chi connectivity index (χ2n) is 2.56. The molecule has 1 rings (SSSR count). The summed E-state index contributed by atoms with van der Waals surface area (Å²) in [5.41, 5.74) is 0.443. The number of carbonyl (C=O) groups excluding carboxylic acids is 1. The van der Waals surface area contributed by atoms with Gasteiger partial charge in [-0.2, -0.15) is 0 Å². The van der Waals surface area contributed by atoms with Crippen LogP contribution >= 0.6 is 0 Å². The number of aromatic amines is 1. The van der Waals surface area contributed by atoms with E-state index in [9.17, 15) is 15.0 Å². The van der Waals surface area contributed by atoms with Crippen LogP contribution in [0, 0.1) is 0 Å². The van der Waals surface area contributed by atoms with Crippen molar-refractivity contribution in [3.05, 3.63) is 24.0 Å². The number of nitrogens with one attached hydrogen (secondary N) is 1. The molecule has 0 aromatic carbocycles. The molecule has 0 amide bonds. The van der Waals surface area contributed by atoms with Gasteiger partial charge in [-0.15, -0.1) is 0 Å². The van der Waals surface area contributed by atoms with Crippen LogP contribution in [-0.4, -0.2) is 34.4 Å². The third kappa shape index (κ3) is 2.07. The lowest BCUT2D eigenvalue weighted by molar-refractivity contribution is -0.156. The van der Waals surface area contributed by atoms with Crippen LogP contribution in [0.2, 0.25) is 0 Å². The average Bonchev–Trinajstić information content (AvgIpc) is 2.67. The van der Waals surface area contributed by atoms with E-state index in [4.69, 9.17) is 0 Å². The number of rotatable bonds is 3. The van der Waals surface area contributed by atoms with Gasteiger partial charge in [0.1, 0.15) is 6.10 Å². The molecule has 13 heavy (non-hydrogen) atoms. The van der Waals surface area contributed by atoms with Crippen LogP contribution in [0.5, 0.6) is 0 Å². The third-order valence-corrected chi connectivity index (χ3v) is 1.71. The molecule has 2 atom stereocenters. The molecule has 72 valence electrons. The van der Waals surface area contributed by atoms with Gasteiger partial charge in [0.25, 0.3) is 0 Å². The van der Waals surface area contributed by atoms with Crippen molar-refractivity contribution in [2.45, 2.75) is 12.2 Å². The van der Waals surface area contributed by atoms with Gasteiger partial charge in [-0.3, -0.25) is 0 Å². The number of aromatic nitrogens is 1. The predicted molar refractivity (Wildman–Crippen MR) is 43.8 cm³/mol. The first kappa shape index (κ1) is 9.76. The first-order valence-corrected chi connectivity index (χ1v) is 3.73. The van der Waals surface area contributed by atoms with Gasteiger partial charge in [0.05, 0.1) is 7.11 Å². The summed E-state index contributed by atoms with van der Waals surface area (Å²) in [7, 11) is 1.15. The normalized spacial score (nSPS) is 15.0. The van der Waals surface area contributed by atoms with Crippen LogP contribution in [0.1, 0.15) is 11.7 Å². The van der Waals surface area contributed by atoms with Gasteiger partial charge >= 0.3 is 5.97 Å². The number of hydrogen-bond donors (Lipinski definition) is 3. The predicted octanol–water partition coefficient (Wildman–Crippen LogP) is -0.418. The fraction of sp³-hybridized carbons (Fsp3) is 0.375. The zero-order valence-corrected chi connectivity index (χ0v) is 7.10. The monoisotopic (exact) mass is 185 g/mol. The largest absolute Gasteiger partial charge is 0.467 e. The number of aliphatic hydroxyl groups is 2. The minimum atomic E-state index is -1.54. The van der Waals surface area contributed by atoms with E-state index in [1.54, 1.807) is 12.3 Å². The third-order valence-electron chi connectivity index (χ3n) is 1.71. The highest BCUT2D eigenvalue weighted by Crippen LogP contribution is 2.16. The molecule has 0 radical (unpaired) electrons. The van der Waals surface area contributed by atoms with Crippen molar-refractivity contribution < 1.29 is 19.7 Å². The summed E-state index contributed by atoms with van der Waals surface area (Å²) in [4.78, 5) is 13.5. The molecule has 1 aromatic rings. The highest BCUT2D eigenvalue weighted by Gasteiger charge is 2.26. The molecule has 0 aliphatic heterocycles. The Labute approximate surface area is 75.0 Å². The topological polar surface area (TPSA) is 82.6 Å². The second kappa shape index (κ2) is 4.06. The standard InChI is InChI=1S/C8H11NO4/c1-13-8(12)7(11)6(10)5-2-3-9-4-5/h2-4,6-7,9-11H,1H3. The lowest BCUT2D eigenvalue weighted by Crippen LogP contribution is -2.28. The first-order valence-electron chi connectivity index (χ1n) is 3.73. The first-order chi connectivity index (χ1) is 6.16. The Hall–Kier alpha value is -1.33. The molecular formula is C8H11NO4. The zero-order valence-electron chi connectivity index (χ0n) is 7.10. The summed E-state index contributed by atoms with van der Waals surface area (Å²) in [6.45, 7) is 0. The average molecular weight is 185 g/mol. The number of ether oxygens (including phenoxy) is 1. The molecule has 2 unspecified atom stereocenters. The smallest absolute Gasteiger partial charge is 0.337 e. The summed E-state index contributed by atoms with van der Waals surface area (Å²) in [5, 5.41) is 18.6. The molecule has 5 nitrogen and oxygen atoms in total. The number of esters is 1. The van der Waals surface area contributed by atoms with E-state index in [2.05, 4.69) is 9.72 Å². The number of H-pyrrole nitrogens is 1. The van der Waals surface area contributed by atoms with Crippen LogP contribution < -0.4 is 0 Å². The lowest BCUT2D eigenvalue weighted by Gasteiger charge is -2.13. The van der Waals surface area contributed by atoms with Crippen molar-refractivity contribution in [2.24, 2.45) is 0 Å². The Bertz CT molecular complexity index is 270. The molecule has 1 heterocycles.